The molecule has 5 unspecified atom stereocenters. The molecule has 0 aromatic rings. The second-order valence-electron chi connectivity index (χ2n) is 5.88. The number of ether oxygens (including phenoxy) is 5. The summed E-state index contributed by atoms with van der Waals surface area (Å²) in [4.78, 5) is 45.9. The van der Waals surface area contributed by atoms with E-state index in [0.29, 0.717) is 0 Å². The molecule has 1 fully saturated rings. The van der Waals surface area contributed by atoms with Crippen LogP contribution in [0.3, 0.4) is 0 Å². The number of rotatable bonds is 8. The lowest BCUT2D eigenvalue weighted by atomic mass is 9.96. The Kier molecular flexibility index (Phi) is 9.12. The fraction of sp³-hybridized carbons (Fsp3) is 0.750. The first-order chi connectivity index (χ1) is 12.6. The summed E-state index contributed by atoms with van der Waals surface area (Å²) in [6, 6.07) is -0.976. The molecule has 1 aliphatic heterocycles. The average Bonchev–Trinajstić information content (AvgIpc) is 2.54. The quantitative estimate of drug-likeness (QED) is 0.374. The fourth-order valence-electron chi connectivity index (χ4n) is 2.62. The van der Waals surface area contributed by atoms with Crippen molar-refractivity contribution in [2.75, 3.05) is 19.8 Å². The number of nitrogens with one attached hydrogen (secondary N) is 1. The van der Waals surface area contributed by atoms with Crippen molar-refractivity contribution < 1.29 is 42.9 Å². The van der Waals surface area contributed by atoms with Crippen LogP contribution in [-0.4, -0.2) is 74.2 Å². The van der Waals surface area contributed by atoms with Crippen LogP contribution in [0.25, 0.3) is 0 Å². The molecule has 5 atom stereocenters. The van der Waals surface area contributed by atoms with Crippen LogP contribution < -0.4 is 11.1 Å². The molecule has 0 radical (unpaired) electrons. The molecule has 11 heteroatoms. The van der Waals surface area contributed by atoms with Gasteiger partial charge in [0.2, 0.25) is 5.91 Å². The highest BCUT2D eigenvalue weighted by atomic mass is 16.7. The molecule has 1 saturated heterocycles. The largest absolute Gasteiger partial charge is 0.463 e. The first-order valence-electron chi connectivity index (χ1n) is 8.37. The van der Waals surface area contributed by atoms with Gasteiger partial charge in [-0.05, 0) is 0 Å². The normalized spacial score (nSPS) is 27.4. The van der Waals surface area contributed by atoms with Crippen molar-refractivity contribution in [1.29, 1.82) is 0 Å². The van der Waals surface area contributed by atoms with Crippen LogP contribution >= 0.6 is 0 Å². The van der Waals surface area contributed by atoms with Gasteiger partial charge in [-0.2, -0.15) is 0 Å². The van der Waals surface area contributed by atoms with Crippen molar-refractivity contribution in [3.63, 3.8) is 0 Å². The Morgan fingerprint density at radius 1 is 0.963 bits per heavy atom. The molecule has 0 aromatic carbocycles. The molecule has 0 saturated carbocycles. The van der Waals surface area contributed by atoms with Gasteiger partial charge >= 0.3 is 17.9 Å². The Hall–Kier alpha value is -2.24. The van der Waals surface area contributed by atoms with E-state index in [2.05, 4.69) is 5.32 Å². The molecule has 1 heterocycles. The first kappa shape index (κ1) is 22.8. The summed E-state index contributed by atoms with van der Waals surface area (Å²) in [5, 5.41) is 2.58. The second-order valence-corrected chi connectivity index (χ2v) is 5.88. The molecule has 0 bridgehead atoms. The van der Waals surface area contributed by atoms with Gasteiger partial charge in [0.25, 0.3) is 0 Å². The maximum atomic E-state index is 11.6. The number of carbonyl (C=O) groups is 4. The molecular weight excluding hydrogens is 364 g/mol. The Morgan fingerprint density at radius 3 is 2.04 bits per heavy atom. The Labute approximate surface area is 156 Å². The lowest BCUT2D eigenvalue weighted by molar-refractivity contribution is -0.277. The van der Waals surface area contributed by atoms with Gasteiger partial charge in [0.15, 0.2) is 18.5 Å². The van der Waals surface area contributed by atoms with Crippen LogP contribution in [0.2, 0.25) is 0 Å². The predicted octanol–water partition coefficient (Wildman–Crippen LogP) is -1.38. The third-order valence-corrected chi connectivity index (χ3v) is 3.47. The van der Waals surface area contributed by atoms with Crippen LogP contribution in [0.4, 0.5) is 0 Å². The van der Waals surface area contributed by atoms with Crippen molar-refractivity contribution in [1.82, 2.24) is 5.32 Å². The monoisotopic (exact) mass is 390 g/mol. The summed E-state index contributed by atoms with van der Waals surface area (Å²) in [6.07, 6.45) is -4.34. The molecule has 0 aromatic heterocycles. The number of nitrogens with two attached hydrogens (primary N) is 1. The SMILES string of the molecule is CC(=O)NC1C(OCCN)OC(COC(C)=O)C(OC(C)=O)C1OC(C)=O. The van der Waals surface area contributed by atoms with Gasteiger partial charge in [0.05, 0.1) is 6.61 Å². The molecule has 1 aliphatic rings. The summed E-state index contributed by atoms with van der Waals surface area (Å²) in [7, 11) is 0. The number of hydrogen-bond donors (Lipinski definition) is 2. The molecule has 0 aliphatic carbocycles. The Bertz CT molecular complexity index is 554. The Balaban J connectivity index is 3.22. The molecule has 1 rings (SSSR count). The minimum atomic E-state index is -1.14. The lowest BCUT2D eigenvalue weighted by Crippen LogP contribution is -2.66. The highest BCUT2D eigenvalue weighted by molar-refractivity contribution is 5.73. The van der Waals surface area contributed by atoms with Crippen LogP contribution in [-0.2, 0) is 42.9 Å². The summed E-state index contributed by atoms with van der Waals surface area (Å²) in [5.41, 5.74) is 5.44. The number of hydrogen-bond acceptors (Lipinski definition) is 10. The zero-order chi connectivity index (χ0) is 20.6. The van der Waals surface area contributed by atoms with Gasteiger partial charge in [-0.1, -0.05) is 0 Å². The van der Waals surface area contributed by atoms with Crippen LogP contribution in [0.1, 0.15) is 27.7 Å². The maximum absolute atomic E-state index is 11.6. The average molecular weight is 390 g/mol. The second kappa shape index (κ2) is 10.8. The molecule has 0 spiro atoms. The van der Waals surface area contributed by atoms with E-state index < -0.39 is 54.5 Å². The van der Waals surface area contributed by atoms with E-state index in [1.807, 2.05) is 0 Å². The van der Waals surface area contributed by atoms with Gasteiger partial charge < -0.3 is 34.7 Å². The lowest BCUT2D eigenvalue weighted by Gasteiger charge is -2.44. The van der Waals surface area contributed by atoms with E-state index in [0.717, 1.165) is 6.92 Å². The number of carbonyl (C=O) groups excluding carboxylic acids is 4. The molecule has 1 amide bonds. The van der Waals surface area contributed by atoms with Crippen molar-refractivity contribution >= 4 is 23.8 Å². The van der Waals surface area contributed by atoms with E-state index in [4.69, 9.17) is 29.4 Å². The highest BCUT2D eigenvalue weighted by Crippen LogP contribution is 2.27. The van der Waals surface area contributed by atoms with E-state index in [1.54, 1.807) is 0 Å². The van der Waals surface area contributed by atoms with E-state index in [-0.39, 0.29) is 19.8 Å². The molecular formula is C16H26N2O9. The van der Waals surface area contributed by atoms with E-state index >= 15 is 0 Å². The van der Waals surface area contributed by atoms with Crippen molar-refractivity contribution in [2.45, 2.75) is 58.3 Å². The van der Waals surface area contributed by atoms with Gasteiger partial charge in [0.1, 0.15) is 18.8 Å². The minimum Gasteiger partial charge on any atom is -0.463 e. The van der Waals surface area contributed by atoms with Gasteiger partial charge in [-0.25, -0.2) is 0 Å². The van der Waals surface area contributed by atoms with Crippen molar-refractivity contribution in [2.24, 2.45) is 5.73 Å². The van der Waals surface area contributed by atoms with Crippen molar-refractivity contribution in [3.8, 4) is 0 Å². The van der Waals surface area contributed by atoms with Gasteiger partial charge in [-0.3, -0.25) is 19.2 Å². The predicted molar refractivity (Wildman–Crippen MR) is 89.0 cm³/mol. The summed E-state index contributed by atoms with van der Waals surface area (Å²) in [5.74, 6) is -2.36. The number of esters is 3. The molecule has 27 heavy (non-hydrogen) atoms. The third-order valence-electron chi connectivity index (χ3n) is 3.47. The molecule has 154 valence electrons. The van der Waals surface area contributed by atoms with Crippen LogP contribution in [0, 0.1) is 0 Å². The zero-order valence-corrected chi connectivity index (χ0v) is 15.8. The van der Waals surface area contributed by atoms with Gasteiger partial charge in [0, 0.05) is 34.2 Å². The summed E-state index contributed by atoms with van der Waals surface area (Å²) >= 11 is 0. The first-order valence-corrected chi connectivity index (χ1v) is 8.37. The summed E-state index contributed by atoms with van der Waals surface area (Å²) in [6.45, 7) is 4.78. The minimum absolute atomic E-state index is 0.0893. The Morgan fingerprint density at radius 2 is 1.56 bits per heavy atom. The van der Waals surface area contributed by atoms with Crippen LogP contribution in [0.15, 0.2) is 0 Å². The van der Waals surface area contributed by atoms with Gasteiger partial charge in [-0.15, -0.1) is 0 Å². The fourth-order valence-corrected chi connectivity index (χ4v) is 2.62. The van der Waals surface area contributed by atoms with E-state index in [9.17, 15) is 19.2 Å². The standard InChI is InChI=1S/C16H26N2O9/c1-8(19)18-13-15(26-11(4)22)14(25-10(3)21)12(7-24-9(2)20)27-16(13)23-6-5-17/h12-16H,5-7,17H2,1-4H3,(H,18,19). The molecule has 11 nitrogen and oxygen atoms in total. The van der Waals surface area contributed by atoms with Crippen LogP contribution in [0.5, 0.6) is 0 Å². The highest BCUT2D eigenvalue weighted by Gasteiger charge is 2.51. The third kappa shape index (κ3) is 7.49. The maximum Gasteiger partial charge on any atom is 0.303 e. The van der Waals surface area contributed by atoms with E-state index in [1.165, 1.54) is 20.8 Å². The topological polar surface area (TPSA) is 152 Å². The zero-order valence-electron chi connectivity index (χ0n) is 15.8. The smallest absolute Gasteiger partial charge is 0.303 e. The summed E-state index contributed by atoms with van der Waals surface area (Å²) < 4.78 is 26.8. The molecule has 3 N–H and O–H groups in total. The number of amides is 1. The van der Waals surface area contributed by atoms with Crippen molar-refractivity contribution in [3.05, 3.63) is 0 Å².